The van der Waals surface area contributed by atoms with Gasteiger partial charge in [0.1, 0.15) is 6.10 Å². The van der Waals surface area contributed by atoms with E-state index in [1.54, 1.807) is 0 Å². The molecule has 19 heavy (non-hydrogen) atoms. The molecule has 2 rings (SSSR count). The van der Waals surface area contributed by atoms with Crippen molar-refractivity contribution in [3.05, 3.63) is 0 Å². The third-order valence-electron chi connectivity index (χ3n) is 3.90. The number of esters is 1. The molecular formula is C13H23NO4S. The van der Waals surface area contributed by atoms with Crippen molar-refractivity contribution < 1.29 is 17.9 Å². The normalized spacial score (nSPS) is 34.7. The van der Waals surface area contributed by atoms with Gasteiger partial charge < -0.3 is 10.1 Å². The van der Waals surface area contributed by atoms with Crippen molar-refractivity contribution in [2.45, 2.75) is 51.2 Å². The molecule has 0 radical (unpaired) electrons. The van der Waals surface area contributed by atoms with E-state index in [0.717, 1.165) is 19.3 Å². The summed E-state index contributed by atoms with van der Waals surface area (Å²) in [4.78, 5) is 11.8. The third-order valence-corrected chi connectivity index (χ3v) is 5.64. The van der Waals surface area contributed by atoms with Gasteiger partial charge in [0, 0.05) is 12.6 Å². The topological polar surface area (TPSA) is 72.5 Å². The Morgan fingerprint density at radius 3 is 2.84 bits per heavy atom. The lowest BCUT2D eigenvalue weighted by Crippen LogP contribution is -2.46. The molecule has 0 aromatic rings. The van der Waals surface area contributed by atoms with Gasteiger partial charge >= 0.3 is 5.97 Å². The number of carbonyl (C=O) groups excluding carboxylic acids is 1. The van der Waals surface area contributed by atoms with Crippen molar-refractivity contribution in [1.29, 1.82) is 0 Å². The molecule has 1 aliphatic carbocycles. The number of hydrogen-bond donors (Lipinski definition) is 1. The second kappa shape index (κ2) is 6.22. The number of hydrogen-bond acceptors (Lipinski definition) is 5. The van der Waals surface area contributed by atoms with Crippen LogP contribution < -0.4 is 5.32 Å². The van der Waals surface area contributed by atoms with E-state index in [-0.39, 0.29) is 36.0 Å². The van der Waals surface area contributed by atoms with Crippen LogP contribution in [0.5, 0.6) is 0 Å². The third kappa shape index (κ3) is 4.76. The largest absolute Gasteiger partial charge is 0.462 e. The average molecular weight is 289 g/mol. The van der Waals surface area contributed by atoms with Crippen LogP contribution in [0.3, 0.4) is 0 Å². The van der Waals surface area contributed by atoms with E-state index in [4.69, 9.17) is 4.74 Å². The lowest BCUT2D eigenvalue weighted by molar-refractivity contribution is -0.151. The van der Waals surface area contributed by atoms with Crippen LogP contribution in [-0.4, -0.2) is 44.6 Å². The molecule has 5 nitrogen and oxygen atoms in total. The number of carbonyl (C=O) groups is 1. The van der Waals surface area contributed by atoms with Crippen molar-refractivity contribution in [3.63, 3.8) is 0 Å². The molecule has 1 heterocycles. The van der Waals surface area contributed by atoms with Crippen molar-refractivity contribution in [3.8, 4) is 0 Å². The molecule has 0 bridgehead atoms. The zero-order chi connectivity index (χ0) is 13.9. The summed E-state index contributed by atoms with van der Waals surface area (Å²) in [5.41, 5.74) is 0. The molecule has 0 spiro atoms. The Bertz CT molecular complexity index is 420. The molecule has 1 aliphatic heterocycles. The molecule has 110 valence electrons. The molecule has 1 saturated carbocycles. The molecule has 0 amide bonds. The van der Waals surface area contributed by atoms with Gasteiger partial charge in [-0.05, 0) is 25.2 Å². The standard InChI is InChI=1S/C13H23NO4S/c1-10-3-2-4-12(7-10)18-13(15)8-11-9-19(16,17)6-5-14-11/h10-12,14H,2-9H2,1H3. The maximum absolute atomic E-state index is 11.8. The second-order valence-electron chi connectivity index (χ2n) is 5.85. The fourth-order valence-corrected chi connectivity index (χ4v) is 4.36. The van der Waals surface area contributed by atoms with E-state index in [2.05, 4.69) is 12.2 Å². The summed E-state index contributed by atoms with van der Waals surface area (Å²) in [5.74, 6) is 0.551. The van der Waals surface area contributed by atoms with Crippen LogP contribution in [0.1, 0.15) is 39.0 Å². The molecule has 1 N–H and O–H groups in total. The van der Waals surface area contributed by atoms with Gasteiger partial charge in [0.15, 0.2) is 9.84 Å². The van der Waals surface area contributed by atoms with Crippen LogP contribution in [0.15, 0.2) is 0 Å². The molecule has 0 aromatic carbocycles. The fraction of sp³-hybridized carbons (Fsp3) is 0.923. The van der Waals surface area contributed by atoms with Gasteiger partial charge in [0.2, 0.25) is 0 Å². The first-order chi connectivity index (χ1) is 8.94. The lowest BCUT2D eigenvalue weighted by Gasteiger charge is -2.28. The van der Waals surface area contributed by atoms with Gasteiger partial charge in [-0.3, -0.25) is 4.79 Å². The predicted octanol–water partition coefficient (Wildman–Crippen LogP) is 0.885. The van der Waals surface area contributed by atoms with E-state index < -0.39 is 9.84 Å². The molecule has 3 unspecified atom stereocenters. The zero-order valence-corrected chi connectivity index (χ0v) is 12.2. The van der Waals surface area contributed by atoms with E-state index in [9.17, 15) is 13.2 Å². The summed E-state index contributed by atoms with van der Waals surface area (Å²) < 4.78 is 28.4. The highest BCUT2D eigenvalue weighted by Crippen LogP contribution is 2.26. The van der Waals surface area contributed by atoms with Crippen molar-refractivity contribution >= 4 is 15.8 Å². The van der Waals surface area contributed by atoms with Gasteiger partial charge in [-0.1, -0.05) is 13.3 Å². The number of nitrogens with one attached hydrogen (secondary N) is 1. The molecule has 3 atom stereocenters. The first-order valence-corrected chi connectivity index (χ1v) is 8.90. The van der Waals surface area contributed by atoms with E-state index in [1.807, 2.05) is 0 Å². The molecule has 0 aromatic heterocycles. The molecular weight excluding hydrogens is 266 g/mol. The Morgan fingerprint density at radius 1 is 1.37 bits per heavy atom. The first kappa shape index (κ1) is 14.8. The minimum Gasteiger partial charge on any atom is -0.462 e. The number of sulfone groups is 1. The highest BCUT2D eigenvalue weighted by atomic mass is 32.2. The van der Waals surface area contributed by atoms with Crippen molar-refractivity contribution in [1.82, 2.24) is 5.32 Å². The minimum absolute atomic E-state index is 0.0245. The summed E-state index contributed by atoms with van der Waals surface area (Å²) in [6.07, 6.45) is 4.36. The van der Waals surface area contributed by atoms with E-state index >= 15 is 0 Å². The number of ether oxygens (including phenoxy) is 1. The van der Waals surface area contributed by atoms with Crippen molar-refractivity contribution in [2.24, 2.45) is 5.92 Å². The Labute approximate surface area is 115 Å². The van der Waals surface area contributed by atoms with Gasteiger partial charge in [-0.15, -0.1) is 0 Å². The van der Waals surface area contributed by atoms with Crippen LogP contribution in [0.2, 0.25) is 0 Å². The summed E-state index contributed by atoms with van der Waals surface area (Å²) in [7, 11) is -2.99. The summed E-state index contributed by atoms with van der Waals surface area (Å²) in [6, 6.07) is -0.285. The predicted molar refractivity (Wildman–Crippen MR) is 72.6 cm³/mol. The average Bonchev–Trinajstić information content (AvgIpc) is 2.27. The molecule has 6 heteroatoms. The smallest absolute Gasteiger partial charge is 0.307 e. The van der Waals surface area contributed by atoms with Crippen molar-refractivity contribution in [2.75, 3.05) is 18.1 Å². The highest BCUT2D eigenvalue weighted by molar-refractivity contribution is 7.91. The SMILES string of the molecule is CC1CCCC(OC(=O)CC2CS(=O)(=O)CCN2)C1. The van der Waals surface area contributed by atoms with Crippen LogP contribution in [-0.2, 0) is 19.4 Å². The molecule has 2 fully saturated rings. The Hall–Kier alpha value is -0.620. The summed E-state index contributed by atoms with van der Waals surface area (Å²) >= 11 is 0. The quantitative estimate of drug-likeness (QED) is 0.781. The number of rotatable bonds is 3. The van der Waals surface area contributed by atoms with Gasteiger partial charge in [0.25, 0.3) is 0 Å². The summed E-state index contributed by atoms with van der Waals surface area (Å²) in [5, 5.41) is 3.07. The molecule has 1 saturated heterocycles. The maximum atomic E-state index is 11.8. The van der Waals surface area contributed by atoms with Crippen LogP contribution >= 0.6 is 0 Å². The minimum atomic E-state index is -2.99. The Balaban J connectivity index is 1.77. The molecule has 2 aliphatic rings. The summed E-state index contributed by atoms with van der Waals surface area (Å²) in [6.45, 7) is 2.61. The van der Waals surface area contributed by atoms with E-state index in [1.165, 1.54) is 6.42 Å². The zero-order valence-electron chi connectivity index (χ0n) is 11.4. The fourth-order valence-electron chi connectivity index (χ4n) is 2.92. The second-order valence-corrected chi connectivity index (χ2v) is 8.08. The van der Waals surface area contributed by atoms with Gasteiger partial charge in [-0.25, -0.2) is 8.42 Å². The maximum Gasteiger partial charge on any atom is 0.307 e. The Kier molecular flexibility index (Phi) is 4.84. The monoisotopic (exact) mass is 289 g/mol. The van der Waals surface area contributed by atoms with Gasteiger partial charge in [-0.2, -0.15) is 0 Å². The van der Waals surface area contributed by atoms with Crippen LogP contribution in [0, 0.1) is 5.92 Å². The lowest BCUT2D eigenvalue weighted by atomic mass is 9.89. The van der Waals surface area contributed by atoms with E-state index in [0.29, 0.717) is 12.5 Å². The van der Waals surface area contributed by atoms with Crippen LogP contribution in [0.25, 0.3) is 0 Å². The van der Waals surface area contributed by atoms with Gasteiger partial charge in [0.05, 0.1) is 17.9 Å². The Morgan fingerprint density at radius 2 is 2.16 bits per heavy atom. The van der Waals surface area contributed by atoms with Crippen LogP contribution in [0.4, 0.5) is 0 Å². The highest BCUT2D eigenvalue weighted by Gasteiger charge is 2.28. The first-order valence-electron chi connectivity index (χ1n) is 7.08.